The summed E-state index contributed by atoms with van der Waals surface area (Å²) in [5.41, 5.74) is 2.09. The summed E-state index contributed by atoms with van der Waals surface area (Å²) in [7, 11) is 0. The first-order valence-corrected chi connectivity index (χ1v) is 5.34. The van der Waals surface area contributed by atoms with Gasteiger partial charge in [0.05, 0.1) is 6.10 Å². The van der Waals surface area contributed by atoms with Crippen LogP contribution in [0.25, 0.3) is 0 Å². The van der Waals surface area contributed by atoms with Gasteiger partial charge in [-0.1, -0.05) is 29.3 Å². The first-order chi connectivity index (χ1) is 7.15. The van der Waals surface area contributed by atoms with Crippen LogP contribution in [0.5, 0.6) is 0 Å². The summed E-state index contributed by atoms with van der Waals surface area (Å²) in [6, 6.07) is 4.43. The molecule has 15 heavy (non-hydrogen) atoms. The van der Waals surface area contributed by atoms with Crippen molar-refractivity contribution in [3.8, 4) is 0 Å². The number of aliphatic hydroxyl groups is 1. The molecule has 0 radical (unpaired) electrons. The lowest BCUT2D eigenvalue weighted by Gasteiger charge is -2.04. The van der Waals surface area contributed by atoms with Crippen LogP contribution in [-0.2, 0) is 6.42 Å². The SMILES string of the molecule is OC1C=C(Cc2ccc(F)cc2Cl)CC1. The highest BCUT2D eigenvalue weighted by atomic mass is 35.5. The molecule has 1 unspecified atom stereocenters. The van der Waals surface area contributed by atoms with Crippen molar-refractivity contribution < 1.29 is 9.50 Å². The predicted octanol–water partition coefficient (Wildman–Crippen LogP) is 3.10. The van der Waals surface area contributed by atoms with Crippen molar-refractivity contribution in [3.05, 3.63) is 46.3 Å². The monoisotopic (exact) mass is 226 g/mol. The van der Waals surface area contributed by atoms with Gasteiger partial charge in [0.15, 0.2) is 0 Å². The van der Waals surface area contributed by atoms with Gasteiger partial charge in [-0.15, -0.1) is 0 Å². The Hall–Kier alpha value is -0.860. The fourth-order valence-electron chi connectivity index (χ4n) is 1.83. The second kappa shape index (κ2) is 4.33. The summed E-state index contributed by atoms with van der Waals surface area (Å²) in [6.45, 7) is 0. The molecule has 1 aromatic carbocycles. The van der Waals surface area contributed by atoms with E-state index in [2.05, 4.69) is 0 Å². The second-order valence-electron chi connectivity index (χ2n) is 3.84. The molecule has 80 valence electrons. The Bertz CT molecular complexity index is 401. The summed E-state index contributed by atoms with van der Waals surface area (Å²) in [5.74, 6) is -0.316. The van der Waals surface area contributed by atoms with Gasteiger partial charge in [-0.25, -0.2) is 4.39 Å². The van der Waals surface area contributed by atoms with E-state index < -0.39 is 0 Å². The first kappa shape index (κ1) is 10.7. The summed E-state index contributed by atoms with van der Waals surface area (Å²) >= 11 is 5.91. The van der Waals surface area contributed by atoms with Gasteiger partial charge in [0.1, 0.15) is 5.82 Å². The van der Waals surface area contributed by atoms with E-state index in [9.17, 15) is 9.50 Å². The van der Waals surface area contributed by atoms with Crippen molar-refractivity contribution >= 4 is 11.6 Å². The number of halogens is 2. The highest BCUT2D eigenvalue weighted by Crippen LogP contribution is 2.26. The van der Waals surface area contributed by atoms with Crippen LogP contribution in [0.3, 0.4) is 0 Å². The molecule has 0 heterocycles. The molecule has 0 spiro atoms. The third-order valence-corrected chi connectivity index (χ3v) is 2.97. The van der Waals surface area contributed by atoms with E-state index in [-0.39, 0.29) is 11.9 Å². The zero-order valence-corrected chi connectivity index (χ0v) is 8.97. The maximum Gasteiger partial charge on any atom is 0.124 e. The largest absolute Gasteiger partial charge is 0.389 e. The summed E-state index contributed by atoms with van der Waals surface area (Å²) < 4.78 is 12.8. The second-order valence-corrected chi connectivity index (χ2v) is 4.25. The topological polar surface area (TPSA) is 20.2 Å². The minimum Gasteiger partial charge on any atom is -0.389 e. The van der Waals surface area contributed by atoms with Gasteiger partial charge in [-0.3, -0.25) is 0 Å². The Balaban J connectivity index is 2.14. The van der Waals surface area contributed by atoms with Crippen LogP contribution in [0.15, 0.2) is 29.8 Å². The maximum atomic E-state index is 12.8. The predicted molar refractivity (Wildman–Crippen MR) is 58.4 cm³/mol. The van der Waals surface area contributed by atoms with E-state index in [0.29, 0.717) is 11.4 Å². The Morgan fingerprint density at radius 2 is 2.27 bits per heavy atom. The summed E-state index contributed by atoms with van der Waals surface area (Å²) in [5, 5.41) is 9.78. The maximum absolute atomic E-state index is 12.8. The lowest BCUT2D eigenvalue weighted by molar-refractivity contribution is 0.223. The zero-order chi connectivity index (χ0) is 10.8. The number of benzene rings is 1. The minimum absolute atomic E-state index is 0.316. The van der Waals surface area contributed by atoms with Crippen LogP contribution in [-0.4, -0.2) is 11.2 Å². The number of aliphatic hydroxyl groups excluding tert-OH is 1. The average molecular weight is 227 g/mol. The molecule has 0 bridgehead atoms. The van der Waals surface area contributed by atoms with Gasteiger partial charge in [0, 0.05) is 5.02 Å². The molecule has 1 nitrogen and oxygen atoms in total. The molecule has 0 amide bonds. The molecule has 0 saturated carbocycles. The molecule has 1 N–H and O–H groups in total. The van der Waals surface area contributed by atoms with Crippen molar-refractivity contribution in [3.63, 3.8) is 0 Å². The van der Waals surface area contributed by atoms with E-state index in [1.54, 1.807) is 6.07 Å². The average Bonchev–Trinajstić information content (AvgIpc) is 2.56. The minimum atomic E-state index is -0.320. The van der Waals surface area contributed by atoms with Crippen molar-refractivity contribution in [2.75, 3.05) is 0 Å². The number of allylic oxidation sites excluding steroid dienone is 1. The van der Waals surface area contributed by atoms with Crippen molar-refractivity contribution in [1.82, 2.24) is 0 Å². The van der Waals surface area contributed by atoms with Crippen LogP contribution in [0.1, 0.15) is 18.4 Å². The Labute approximate surface area is 93.2 Å². The van der Waals surface area contributed by atoms with Crippen LogP contribution >= 0.6 is 11.6 Å². The van der Waals surface area contributed by atoms with E-state index in [4.69, 9.17) is 11.6 Å². The normalized spacial score (nSPS) is 20.5. The van der Waals surface area contributed by atoms with Gasteiger partial charge >= 0.3 is 0 Å². The lowest BCUT2D eigenvalue weighted by atomic mass is 10.0. The van der Waals surface area contributed by atoms with Crippen LogP contribution in [0.2, 0.25) is 5.02 Å². The molecular weight excluding hydrogens is 215 g/mol. The molecule has 3 heteroatoms. The molecule has 0 saturated heterocycles. The molecular formula is C12H12ClFO. The highest BCUT2D eigenvalue weighted by molar-refractivity contribution is 6.31. The van der Waals surface area contributed by atoms with E-state index in [0.717, 1.165) is 18.4 Å². The van der Waals surface area contributed by atoms with Gasteiger partial charge in [0.25, 0.3) is 0 Å². The van der Waals surface area contributed by atoms with Gasteiger partial charge in [-0.05, 0) is 37.0 Å². The van der Waals surface area contributed by atoms with E-state index >= 15 is 0 Å². The van der Waals surface area contributed by atoms with Gasteiger partial charge in [0.2, 0.25) is 0 Å². The molecule has 0 aromatic heterocycles. The van der Waals surface area contributed by atoms with Crippen molar-refractivity contribution in [2.45, 2.75) is 25.4 Å². The molecule has 1 aromatic rings. The van der Waals surface area contributed by atoms with E-state index in [1.165, 1.54) is 17.7 Å². The van der Waals surface area contributed by atoms with Crippen LogP contribution < -0.4 is 0 Å². The summed E-state index contributed by atoms with van der Waals surface area (Å²) in [4.78, 5) is 0. The van der Waals surface area contributed by atoms with Gasteiger partial charge < -0.3 is 5.11 Å². The Kier molecular flexibility index (Phi) is 3.08. The van der Waals surface area contributed by atoms with Crippen molar-refractivity contribution in [2.24, 2.45) is 0 Å². The standard InChI is InChI=1S/C12H12ClFO/c13-12-7-10(14)3-2-9(12)5-8-1-4-11(15)6-8/h2-3,6-7,11,15H,1,4-5H2. The number of hydrogen-bond donors (Lipinski definition) is 1. The van der Waals surface area contributed by atoms with Gasteiger partial charge in [-0.2, -0.15) is 0 Å². The molecule has 1 atom stereocenters. The van der Waals surface area contributed by atoms with Crippen LogP contribution in [0, 0.1) is 5.82 Å². The zero-order valence-electron chi connectivity index (χ0n) is 8.21. The lowest BCUT2D eigenvalue weighted by Crippen LogP contribution is -1.93. The quantitative estimate of drug-likeness (QED) is 0.769. The fraction of sp³-hybridized carbons (Fsp3) is 0.333. The smallest absolute Gasteiger partial charge is 0.124 e. The Morgan fingerprint density at radius 1 is 1.47 bits per heavy atom. The number of hydrogen-bond acceptors (Lipinski definition) is 1. The first-order valence-electron chi connectivity index (χ1n) is 4.97. The third-order valence-electron chi connectivity index (χ3n) is 2.62. The number of rotatable bonds is 2. The van der Waals surface area contributed by atoms with E-state index in [1.807, 2.05) is 6.08 Å². The molecule has 0 fully saturated rings. The van der Waals surface area contributed by atoms with Crippen LogP contribution in [0.4, 0.5) is 4.39 Å². The highest BCUT2D eigenvalue weighted by Gasteiger charge is 2.14. The molecule has 0 aliphatic heterocycles. The molecule has 1 aliphatic carbocycles. The fourth-order valence-corrected chi connectivity index (χ4v) is 2.06. The third kappa shape index (κ3) is 2.58. The Morgan fingerprint density at radius 3 is 2.87 bits per heavy atom. The molecule has 2 rings (SSSR count). The molecule has 1 aliphatic rings. The summed E-state index contributed by atoms with van der Waals surface area (Å²) in [6.07, 6.45) is 3.93. The van der Waals surface area contributed by atoms with Crippen molar-refractivity contribution in [1.29, 1.82) is 0 Å².